The van der Waals surface area contributed by atoms with E-state index in [0.717, 1.165) is 29.6 Å². The van der Waals surface area contributed by atoms with Gasteiger partial charge in [-0.3, -0.25) is 9.59 Å². The molecule has 0 radical (unpaired) electrons. The normalized spacial score (nSPS) is 13.8. The van der Waals surface area contributed by atoms with Crippen molar-refractivity contribution in [2.45, 2.75) is 65.3 Å². The highest BCUT2D eigenvalue weighted by atomic mass is 16.2. The average molecular weight is 531 g/mol. The van der Waals surface area contributed by atoms with E-state index < -0.39 is 0 Å². The van der Waals surface area contributed by atoms with Gasteiger partial charge in [0.2, 0.25) is 11.8 Å². The molecule has 4 rings (SSSR count). The number of hydrogen-bond acceptors (Lipinski definition) is 3. The van der Waals surface area contributed by atoms with Crippen LogP contribution in [0, 0.1) is 11.8 Å². The van der Waals surface area contributed by atoms with E-state index in [-0.39, 0.29) is 18.4 Å². The number of anilines is 1. The highest BCUT2D eigenvalue weighted by Crippen LogP contribution is 2.29. The second-order valence-corrected chi connectivity index (χ2v) is 11.8. The van der Waals surface area contributed by atoms with Gasteiger partial charge in [0, 0.05) is 62.9 Å². The number of H-pyrrole nitrogens is 1. The average Bonchev–Trinajstić information content (AvgIpc) is 3.59. The van der Waals surface area contributed by atoms with Crippen LogP contribution in [0.5, 0.6) is 0 Å². The molecule has 0 aliphatic heterocycles. The van der Waals surface area contributed by atoms with Crippen molar-refractivity contribution in [1.29, 1.82) is 0 Å². The zero-order valence-electron chi connectivity index (χ0n) is 24.3. The van der Waals surface area contributed by atoms with Crippen molar-refractivity contribution in [3.05, 3.63) is 65.9 Å². The summed E-state index contributed by atoms with van der Waals surface area (Å²) in [5.74, 6) is 1.12. The summed E-state index contributed by atoms with van der Waals surface area (Å²) in [5, 5.41) is 1.20. The summed E-state index contributed by atoms with van der Waals surface area (Å²) in [6.07, 6.45) is 9.36. The van der Waals surface area contributed by atoms with Crippen LogP contribution in [-0.2, 0) is 22.6 Å². The molecule has 1 aromatic heterocycles. The van der Waals surface area contributed by atoms with Crippen molar-refractivity contribution in [2.24, 2.45) is 11.8 Å². The Balaban J connectivity index is 1.48. The van der Waals surface area contributed by atoms with Crippen LogP contribution in [0.3, 0.4) is 0 Å². The van der Waals surface area contributed by atoms with Gasteiger partial charge >= 0.3 is 0 Å². The van der Waals surface area contributed by atoms with Gasteiger partial charge in [0.1, 0.15) is 0 Å². The molecule has 1 saturated carbocycles. The molecule has 210 valence electrons. The van der Waals surface area contributed by atoms with Gasteiger partial charge in [0.05, 0.1) is 6.54 Å². The van der Waals surface area contributed by atoms with Gasteiger partial charge in [-0.15, -0.1) is 0 Å². The van der Waals surface area contributed by atoms with Crippen LogP contribution in [0.15, 0.2) is 54.7 Å². The van der Waals surface area contributed by atoms with Crippen LogP contribution in [0.25, 0.3) is 10.9 Å². The van der Waals surface area contributed by atoms with Gasteiger partial charge in [-0.25, -0.2) is 0 Å². The predicted octanol–water partition coefficient (Wildman–Crippen LogP) is 6.26. The quantitative estimate of drug-likeness (QED) is 0.284. The molecule has 3 aromatic rings. The molecule has 0 bridgehead atoms. The summed E-state index contributed by atoms with van der Waals surface area (Å²) in [5.41, 5.74) is 4.54. The third kappa shape index (κ3) is 8.11. The first-order chi connectivity index (χ1) is 18.8. The van der Waals surface area contributed by atoms with Crippen molar-refractivity contribution in [3.63, 3.8) is 0 Å². The molecule has 0 unspecified atom stereocenters. The molecule has 1 fully saturated rings. The molecular weight excluding hydrogens is 484 g/mol. The Kier molecular flexibility index (Phi) is 10.1. The molecule has 1 aliphatic rings. The van der Waals surface area contributed by atoms with E-state index in [2.05, 4.69) is 72.4 Å². The molecule has 6 nitrogen and oxygen atoms in total. The summed E-state index contributed by atoms with van der Waals surface area (Å²) in [6.45, 7) is 6.11. The molecular formula is C33H46N4O2. The molecule has 0 atom stereocenters. The molecule has 39 heavy (non-hydrogen) atoms. The fourth-order valence-electron chi connectivity index (χ4n) is 5.75. The molecule has 0 spiro atoms. The number of nitrogens with one attached hydrogen (secondary N) is 1. The largest absolute Gasteiger partial charge is 0.378 e. The number of amides is 2. The van der Waals surface area contributed by atoms with E-state index in [1.54, 1.807) is 0 Å². The van der Waals surface area contributed by atoms with Gasteiger partial charge < -0.3 is 19.7 Å². The SMILES string of the molecule is CC(C)CN(CC(=O)N(CCc1c[nH]c2ccccc12)Cc1ccc(N(C)C)cc1)C(=O)CCC1CCCC1. The van der Waals surface area contributed by atoms with Crippen LogP contribution in [0.1, 0.15) is 63.5 Å². The van der Waals surface area contributed by atoms with Gasteiger partial charge in [0.25, 0.3) is 0 Å². The van der Waals surface area contributed by atoms with Crippen LogP contribution < -0.4 is 4.90 Å². The van der Waals surface area contributed by atoms with Crippen molar-refractivity contribution >= 4 is 28.4 Å². The Morgan fingerprint density at radius 1 is 0.949 bits per heavy atom. The summed E-state index contributed by atoms with van der Waals surface area (Å²) >= 11 is 0. The number of fused-ring (bicyclic) bond motifs is 1. The van der Waals surface area contributed by atoms with E-state index in [9.17, 15) is 9.59 Å². The number of benzene rings is 2. The maximum atomic E-state index is 13.8. The van der Waals surface area contributed by atoms with Crippen molar-refractivity contribution < 1.29 is 9.59 Å². The van der Waals surface area contributed by atoms with Crippen LogP contribution in [-0.4, -0.2) is 60.3 Å². The number of carbonyl (C=O) groups is 2. The fourth-order valence-corrected chi connectivity index (χ4v) is 5.75. The Morgan fingerprint density at radius 2 is 1.67 bits per heavy atom. The minimum Gasteiger partial charge on any atom is -0.378 e. The Bertz CT molecular complexity index is 1210. The number of aromatic amines is 1. The Hall–Kier alpha value is -3.28. The topological polar surface area (TPSA) is 59.7 Å². The third-order valence-corrected chi connectivity index (χ3v) is 8.01. The van der Waals surface area contributed by atoms with Gasteiger partial charge in [-0.2, -0.15) is 0 Å². The van der Waals surface area contributed by atoms with Crippen LogP contribution >= 0.6 is 0 Å². The predicted molar refractivity (Wildman–Crippen MR) is 161 cm³/mol. The number of nitrogens with zero attached hydrogens (tertiary/aromatic N) is 3. The Labute approximate surface area is 234 Å². The summed E-state index contributed by atoms with van der Waals surface area (Å²) in [6, 6.07) is 16.7. The standard InChI is InChI=1S/C33H46N4O2/c1-25(2)22-37(32(38)18-15-26-9-5-6-10-26)24-33(39)36(23-27-13-16-29(17-14-27)35(3)4)20-19-28-21-34-31-12-8-7-11-30(28)31/h7-8,11-14,16-17,21,25-26,34H,5-6,9-10,15,18-20,22-24H2,1-4H3. The first kappa shape index (κ1) is 28.7. The van der Waals surface area contributed by atoms with Gasteiger partial charge in [-0.1, -0.05) is 69.9 Å². The summed E-state index contributed by atoms with van der Waals surface area (Å²) < 4.78 is 0. The zero-order valence-corrected chi connectivity index (χ0v) is 24.3. The number of para-hydroxylation sites is 1. The van der Waals surface area contributed by atoms with Crippen molar-refractivity contribution in [1.82, 2.24) is 14.8 Å². The maximum Gasteiger partial charge on any atom is 0.242 e. The lowest BCUT2D eigenvalue weighted by atomic mass is 10.0. The lowest BCUT2D eigenvalue weighted by molar-refractivity contribution is -0.141. The van der Waals surface area contributed by atoms with Crippen molar-refractivity contribution in [2.75, 3.05) is 38.6 Å². The molecule has 0 saturated heterocycles. The Morgan fingerprint density at radius 3 is 2.36 bits per heavy atom. The number of carbonyl (C=O) groups excluding carboxylic acids is 2. The molecule has 2 aromatic carbocycles. The minimum absolute atomic E-state index is 0.0152. The second-order valence-electron chi connectivity index (χ2n) is 11.8. The molecule has 1 heterocycles. The van der Waals surface area contributed by atoms with E-state index in [1.165, 1.54) is 36.6 Å². The third-order valence-electron chi connectivity index (χ3n) is 8.01. The summed E-state index contributed by atoms with van der Waals surface area (Å²) in [7, 11) is 4.05. The smallest absolute Gasteiger partial charge is 0.242 e. The van der Waals surface area contributed by atoms with Crippen LogP contribution in [0.4, 0.5) is 5.69 Å². The first-order valence-electron chi connectivity index (χ1n) is 14.7. The second kappa shape index (κ2) is 13.7. The molecule has 6 heteroatoms. The zero-order chi connectivity index (χ0) is 27.8. The molecule has 1 aliphatic carbocycles. The van der Waals surface area contributed by atoms with Crippen molar-refractivity contribution in [3.8, 4) is 0 Å². The van der Waals surface area contributed by atoms with E-state index in [4.69, 9.17) is 0 Å². The fraction of sp³-hybridized carbons (Fsp3) is 0.515. The minimum atomic E-state index is 0.0152. The van der Waals surface area contributed by atoms with Gasteiger partial charge in [0.15, 0.2) is 0 Å². The lowest BCUT2D eigenvalue weighted by Gasteiger charge is -2.29. The van der Waals surface area contributed by atoms with E-state index >= 15 is 0 Å². The summed E-state index contributed by atoms with van der Waals surface area (Å²) in [4.78, 5) is 36.3. The highest BCUT2D eigenvalue weighted by Gasteiger charge is 2.24. The monoisotopic (exact) mass is 530 g/mol. The van der Waals surface area contributed by atoms with E-state index in [1.807, 2.05) is 30.0 Å². The number of rotatable bonds is 13. The molecule has 2 amide bonds. The number of hydrogen-bond donors (Lipinski definition) is 1. The molecule has 1 N–H and O–H groups in total. The highest BCUT2D eigenvalue weighted by molar-refractivity contribution is 5.85. The number of aromatic nitrogens is 1. The lowest BCUT2D eigenvalue weighted by Crippen LogP contribution is -2.44. The van der Waals surface area contributed by atoms with E-state index in [0.29, 0.717) is 37.9 Å². The van der Waals surface area contributed by atoms with Gasteiger partial charge in [-0.05, 0) is 54.0 Å². The van der Waals surface area contributed by atoms with Crippen LogP contribution in [0.2, 0.25) is 0 Å². The maximum absolute atomic E-state index is 13.8. The first-order valence-corrected chi connectivity index (χ1v) is 14.7.